The minimum Gasteiger partial charge on any atom is -0.353 e. The zero-order valence-electron chi connectivity index (χ0n) is 20.7. The third-order valence-corrected chi connectivity index (χ3v) is 7.45. The van der Waals surface area contributed by atoms with E-state index in [1.165, 1.54) is 38.5 Å². The fourth-order valence-corrected chi connectivity index (χ4v) is 5.80. The number of aryl methyl sites for hydroxylation is 1. The molecule has 0 spiro atoms. The van der Waals surface area contributed by atoms with E-state index < -0.39 is 0 Å². The van der Waals surface area contributed by atoms with Crippen molar-refractivity contribution < 1.29 is 9.59 Å². The first-order chi connectivity index (χ1) is 16.7. The van der Waals surface area contributed by atoms with Crippen molar-refractivity contribution in [3.8, 4) is 0 Å². The molecule has 2 amide bonds. The number of benzene rings is 1. The molecule has 0 unspecified atom stereocenters. The fourth-order valence-electron chi connectivity index (χ4n) is 5.80. The summed E-state index contributed by atoms with van der Waals surface area (Å²) in [6.45, 7) is 2.78. The van der Waals surface area contributed by atoms with Gasteiger partial charge in [-0.1, -0.05) is 56.7 Å². The smallest absolute Gasteiger partial charge is 0.243 e. The molecule has 1 heterocycles. The van der Waals surface area contributed by atoms with Crippen LogP contribution in [-0.2, 0) is 22.6 Å². The Morgan fingerprint density at radius 2 is 1.68 bits per heavy atom. The van der Waals surface area contributed by atoms with Crippen molar-refractivity contribution in [2.24, 2.45) is 0 Å². The van der Waals surface area contributed by atoms with Gasteiger partial charge >= 0.3 is 0 Å². The summed E-state index contributed by atoms with van der Waals surface area (Å²) in [5.41, 5.74) is 1.96. The van der Waals surface area contributed by atoms with Crippen molar-refractivity contribution in [1.82, 2.24) is 19.8 Å². The number of para-hydroxylation sites is 2. The number of hydrogen-bond acceptors (Lipinski definition) is 3. The van der Waals surface area contributed by atoms with Gasteiger partial charge in [-0.05, 0) is 57.2 Å². The lowest BCUT2D eigenvalue weighted by molar-refractivity contribution is -0.138. The molecule has 1 N–H and O–H groups in total. The molecule has 0 saturated heterocycles. The number of allylic oxidation sites excluding steroid dienone is 1. The third kappa shape index (κ3) is 6.08. The second kappa shape index (κ2) is 12.2. The zero-order chi connectivity index (χ0) is 23.8. The molecule has 2 fully saturated rings. The maximum absolute atomic E-state index is 13.9. The fraction of sp³-hybridized carbons (Fsp3) is 0.607. The molecule has 6 nitrogen and oxygen atoms in total. The Hall–Kier alpha value is -2.63. The summed E-state index contributed by atoms with van der Waals surface area (Å²) in [5, 5.41) is 2.91. The summed E-state index contributed by atoms with van der Waals surface area (Å²) in [6, 6.07) is 8.89. The number of aromatic nitrogens is 2. The van der Waals surface area contributed by atoms with Gasteiger partial charge in [-0.2, -0.15) is 0 Å². The molecule has 34 heavy (non-hydrogen) atoms. The summed E-state index contributed by atoms with van der Waals surface area (Å²) in [6.07, 6.45) is 16.9. The highest BCUT2D eigenvalue weighted by atomic mass is 16.2. The predicted octanol–water partition coefficient (Wildman–Crippen LogP) is 5.16. The van der Waals surface area contributed by atoms with Crippen LogP contribution in [0, 0.1) is 0 Å². The van der Waals surface area contributed by atoms with Gasteiger partial charge in [0.1, 0.15) is 12.4 Å². The summed E-state index contributed by atoms with van der Waals surface area (Å²) >= 11 is 0. The lowest BCUT2D eigenvalue weighted by Gasteiger charge is -2.42. The molecule has 0 aliphatic heterocycles. The molecular formula is C28H40N4O2. The number of carbonyl (C=O) groups excluding carboxylic acids is 2. The average Bonchev–Trinajstić information content (AvgIpc) is 3.21. The Morgan fingerprint density at radius 1 is 1.03 bits per heavy atom. The van der Waals surface area contributed by atoms with Crippen LogP contribution in [0.3, 0.4) is 0 Å². The van der Waals surface area contributed by atoms with E-state index in [9.17, 15) is 9.59 Å². The molecule has 2 aliphatic rings. The van der Waals surface area contributed by atoms with Crippen molar-refractivity contribution >= 4 is 22.8 Å². The van der Waals surface area contributed by atoms with Crippen LogP contribution in [0.1, 0.15) is 83.4 Å². The van der Waals surface area contributed by atoms with Crippen molar-refractivity contribution in [1.29, 1.82) is 0 Å². The van der Waals surface area contributed by atoms with E-state index in [-0.39, 0.29) is 11.8 Å². The Labute approximate surface area is 203 Å². The molecular weight excluding hydrogens is 424 g/mol. The van der Waals surface area contributed by atoms with E-state index >= 15 is 0 Å². The highest BCUT2D eigenvalue weighted by Crippen LogP contribution is 2.31. The molecule has 4 rings (SSSR count). The van der Waals surface area contributed by atoms with Gasteiger partial charge in [0.2, 0.25) is 11.8 Å². The van der Waals surface area contributed by atoms with E-state index in [1.807, 2.05) is 25.1 Å². The minimum absolute atomic E-state index is 0.0678. The monoisotopic (exact) mass is 464 g/mol. The first kappa shape index (κ1) is 24.5. The zero-order valence-corrected chi connectivity index (χ0v) is 20.7. The predicted molar refractivity (Wildman–Crippen MR) is 136 cm³/mol. The van der Waals surface area contributed by atoms with Gasteiger partial charge in [-0.15, -0.1) is 0 Å². The Morgan fingerprint density at radius 3 is 2.32 bits per heavy atom. The van der Waals surface area contributed by atoms with Crippen molar-refractivity contribution in [2.45, 2.75) is 103 Å². The quantitative estimate of drug-likeness (QED) is 0.412. The Balaban J connectivity index is 1.52. The molecule has 0 bridgehead atoms. The van der Waals surface area contributed by atoms with Crippen LogP contribution in [0.5, 0.6) is 0 Å². The second-order valence-electron chi connectivity index (χ2n) is 9.88. The normalized spacial score (nSPS) is 17.9. The van der Waals surface area contributed by atoms with Gasteiger partial charge in [0.05, 0.1) is 11.0 Å². The summed E-state index contributed by atoms with van der Waals surface area (Å²) in [4.78, 5) is 32.8. The van der Waals surface area contributed by atoms with Crippen LogP contribution >= 0.6 is 0 Å². The maximum Gasteiger partial charge on any atom is 0.243 e. The van der Waals surface area contributed by atoms with E-state index in [2.05, 4.69) is 20.9 Å². The third-order valence-electron chi connectivity index (χ3n) is 7.45. The molecule has 2 saturated carbocycles. The standard InChI is InChI=1S/C28H40N4O2/c1-2-12-27(33)29-20-11-19-26-30-24-17-9-10-18-25(24)31(26)21-28(34)32(22-13-5-3-6-14-22)23-15-7-4-8-16-23/h2,9-10,12,17-18,22-23H,3-8,11,13-16,19-21H2,1H3,(H,29,33)/b12-2-. The van der Waals surface area contributed by atoms with Gasteiger partial charge in [0.15, 0.2) is 0 Å². The van der Waals surface area contributed by atoms with Crippen molar-refractivity contribution in [2.75, 3.05) is 6.54 Å². The number of nitrogens with one attached hydrogen (secondary N) is 1. The topological polar surface area (TPSA) is 67.2 Å². The molecule has 2 aliphatic carbocycles. The van der Waals surface area contributed by atoms with Crippen LogP contribution in [0.25, 0.3) is 11.0 Å². The van der Waals surface area contributed by atoms with Crippen molar-refractivity contribution in [3.05, 3.63) is 42.2 Å². The number of rotatable bonds is 9. The van der Waals surface area contributed by atoms with Crippen LogP contribution in [0.2, 0.25) is 0 Å². The highest BCUT2D eigenvalue weighted by Gasteiger charge is 2.32. The van der Waals surface area contributed by atoms with Crippen LogP contribution in [-0.4, -0.2) is 44.9 Å². The summed E-state index contributed by atoms with van der Waals surface area (Å²) in [7, 11) is 0. The van der Waals surface area contributed by atoms with Gasteiger partial charge < -0.3 is 14.8 Å². The minimum atomic E-state index is -0.0678. The second-order valence-corrected chi connectivity index (χ2v) is 9.88. The molecule has 1 aromatic carbocycles. The number of imidazole rings is 1. The summed E-state index contributed by atoms with van der Waals surface area (Å²) < 4.78 is 2.13. The van der Waals surface area contributed by atoms with Crippen LogP contribution in [0.4, 0.5) is 0 Å². The molecule has 1 aromatic heterocycles. The average molecular weight is 465 g/mol. The van der Waals surface area contributed by atoms with Gasteiger partial charge in [0, 0.05) is 25.0 Å². The maximum atomic E-state index is 13.9. The van der Waals surface area contributed by atoms with E-state index in [1.54, 1.807) is 12.2 Å². The number of nitrogens with zero attached hydrogens (tertiary/aromatic N) is 3. The molecule has 2 aromatic rings. The number of carbonyl (C=O) groups is 2. The first-order valence-electron chi connectivity index (χ1n) is 13.3. The Kier molecular flexibility index (Phi) is 8.78. The molecule has 0 atom stereocenters. The van der Waals surface area contributed by atoms with Gasteiger partial charge in [-0.3, -0.25) is 9.59 Å². The molecule has 184 valence electrons. The van der Waals surface area contributed by atoms with Crippen LogP contribution in [0.15, 0.2) is 36.4 Å². The molecule has 6 heteroatoms. The first-order valence-corrected chi connectivity index (χ1v) is 13.3. The lowest BCUT2D eigenvalue weighted by atomic mass is 9.88. The largest absolute Gasteiger partial charge is 0.353 e. The highest BCUT2D eigenvalue weighted by molar-refractivity contribution is 5.87. The van der Waals surface area contributed by atoms with Gasteiger partial charge in [0.25, 0.3) is 0 Å². The lowest BCUT2D eigenvalue weighted by Crippen LogP contribution is -2.50. The van der Waals surface area contributed by atoms with E-state index in [0.29, 0.717) is 25.2 Å². The van der Waals surface area contributed by atoms with E-state index in [0.717, 1.165) is 55.4 Å². The Bertz CT molecular complexity index is 965. The SMILES string of the molecule is C/C=C\C(=O)NCCCc1nc2ccccc2n1CC(=O)N(C1CCCCC1)C1CCCCC1. The number of fused-ring (bicyclic) bond motifs is 1. The van der Waals surface area contributed by atoms with Crippen LogP contribution < -0.4 is 5.32 Å². The van der Waals surface area contributed by atoms with Crippen molar-refractivity contribution in [3.63, 3.8) is 0 Å². The van der Waals surface area contributed by atoms with E-state index in [4.69, 9.17) is 4.98 Å². The number of hydrogen-bond donors (Lipinski definition) is 1. The molecule has 0 radical (unpaired) electrons. The van der Waals surface area contributed by atoms with Gasteiger partial charge in [-0.25, -0.2) is 4.98 Å². The summed E-state index contributed by atoms with van der Waals surface area (Å²) in [5.74, 6) is 1.12. The number of amides is 2.